The zero-order valence-corrected chi connectivity index (χ0v) is 19.5. The van der Waals surface area contributed by atoms with Gasteiger partial charge in [-0.2, -0.15) is 5.10 Å². The van der Waals surface area contributed by atoms with E-state index in [0.29, 0.717) is 41.7 Å². The van der Waals surface area contributed by atoms with Crippen molar-refractivity contribution < 1.29 is 27.9 Å². The molecule has 2 aliphatic rings. The summed E-state index contributed by atoms with van der Waals surface area (Å²) in [5, 5.41) is 4.13. The van der Waals surface area contributed by atoms with Gasteiger partial charge in [-0.3, -0.25) is 14.4 Å². The number of hydrogen-bond acceptors (Lipinski definition) is 5. The molecule has 1 aromatic heterocycles. The number of carbonyl (C=O) groups is 3. The van der Waals surface area contributed by atoms with Crippen molar-refractivity contribution in [1.29, 1.82) is 0 Å². The van der Waals surface area contributed by atoms with E-state index in [1.54, 1.807) is 23.1 Å². The topological polar surface area (TPSA) is 111 Å². The van der Waals surface area contributed by atoms with Gasteiger partial charge in [-0.15, -0.1) is 0 Å². The highest BCUT2D eigenvalue weighted by molar-refractivity contribution is 6.10. The first-order valence-electron chi connectivity index (χ1n) is 11.5. The van der Waals surface area contributed by atoms with Gasteiger partial charge in [0.05, 0.1) is 18.5 Å². The third-order valence-corrected chi connectivity index (χ3v) is 6.43. The number of halogens is 2. The Morgan fingerprint density at radius 3 is 2.39 bits per heavy atom. The second kappa shape index (κ2) is 9.06. The Labute approximate surface area is 205 Å². The predicted octanol–water partition coefficient (Wildman–Crippen LogP) is 2.98. The third-order valence-electron chi connectivity index (χ3n) is 6.43. The van der Waals surface area contributed by atoms with E-state index in [1.165, 1.54) is 12.0 Å². The molecule has 0 atom stereocenters. The molecule has 3 heterocycles. The highest BCUT2D eigenvalue weighted by atomic mass is 19.1. The molecule has 0 unspecified atom stereocenters. The average molecular weight is 495 g/mol. The number of fused-ring (bicyclic) bond motifs is 1. The van der Waals surface area contributed by atoms with Gasteiger partial charge in [0, 0.05) is 42.9 Å². The van der Waals surface area contributed by atoms with Crippen LogP contribution in [0.15, 0.2) is 36.4 Å². The van der Waals surface area contributed by atoms with E-state index in [0.717, 1.165) is 29.7 Å². The molecule has 0 radical (unpaired) electrons. The normalized spacial score (nSPS) is 15.8. The van der Waals surface area contributed by atoms with Crippen LogP contribution in [-0.2, 0) is 11.2 Å². The lowest BCUT2D eigenvalue weighted by atomic mass is 10.0. The second-order valence-corrected chi connectivity index (χ2v) is 8.64. The van der Waals surface area contributed by atoms with Gasteiger partial charge in [0.25, 0.3) is 11.8 Å². The fraction of sp³-hybridized carbons (Fsp3) is 0.280. The molecule has 9 nitrogen and oxygen atoms in total. The number of anilines is 2. The SMILES string of the molecule is COc1cc(N2CCCCC2=O)ccc1N1CCc2c(C(N)=O)nn(-c3cc(F)cc(F)c3)c2C1=O. The number of amides is 3. The van der Waals surface area contributed by atoms with Crippen LogP contribution < -0.4 is 20.3 Å². The first-order chi connectivity index (χ1) is 17.3. The lowest BCUT2D eigenvalue weighted by Crippen LogP contribution is -2.39. The number of hydrogen-bond donors (Lipinski definition) is 1. The highest BCUT2D eigenvalue weighted by Gasteiger charge is 2.36. The van der Waals surface area contributed by atoms with Crippen molar-refractivity contribution in [3.8, 4) is 11.4 Å². The quantitative estimate of drug-likeness (QED) is 0.585. The van der Waals surface area contributed by atoms with Crippen molar-refractivity contribution in [3.63, 3.8) is 0 Å². The molecule has 11 heteroatoms. The van der Waals surface area contributed by atoms with E-state index in [1.807, 2.05) is 0 Å². The number of nitrogens with two attached hydrogens (primary N) is 1. The molecule has 2 aliphatic heterocycles. The number of primary amides is 1. The van der Waals surface area contributed by atoms with Gasteiger partial charge in [-0.1, -0.05) is 0 Å². The number of benzene rings is 2. The summed E-state index contributed by atoms with van der Waals surface area (Å²) in [4.78, 5) is 41.3. The lowest BCUT2D eigenvalue weighted by Gasteiger charge is -2.31. The van der Waals surface area contributed by atoms with Gasteiger partial charge in [-0.05, 0) is 43.5 Å². The molecule has 3 amide bonds. The first-order valence-corrected chi connectivity index (χ1v) is 11.5. The minimum atomic E-state index is -0.862. The first kappa shape index (κ1) is 23.5. The van der Waals surface area contributed by atoms with Crippen molar-refractivity contribution in [2.75, 3.05) is 30.0 Å². The van der Waals surface area contributed by atoms with Crippen molar-refractivity contribution >= 4 is 29.1 Å². The minimum absolute atomic E-state index is 0.0163. The fourth-order valence-corrected chi connectivity index (χ4v) is 4.77. The van der Waals surface area contributed by atoms with Crippen molar-refractivity contribution in [2.45, 2.75) is 25.7 Å². The maximum absolute atomic E-state index is 14.0. The molecule has 0 aliphatic carbocycles. The number of methoxy groups -OCH3 is 1. The number of ether oxygens (including phenoxy) is 1. The number of nitrogens with zero attached hydrogens (tertiary/aromatic N) is 4. The van der Waals surface area contributed by atoms with E-state index >= 15 is 0 Å². The zero-order valence-electron chi connectivity index (χ0n) is 19.5. The molecule has 5 rings (SSSR count). The van der Waals surface area contributed by atoms with E-state index in [4.69, 9.17) is 10.5 Å². The van der Waals surface area contributed by atoms with Crippen LogP contribution in [0.4, 0.5) is 20.2 Å². The van der Waals surface area contributed by atoms with E-state index in [9.17, 15) is 23.2 Å². The van der Waals surface area contributed by atoms with Crippen LogP contribution in [0.5, 0.6) is 5.75 Å². The van der Waals surface area contributed by atoms with Gasteiger partial charge in [-0.25, -0.2) is 13.5 Å². The molecule has 186 valence electrons. The van der Waals surface area contributed by atoms with Crippen LogP contribution in [-0.4, -0.2) is 47.7 Å². The molecule has 1 fully saturated rings. The van der Waals surface area contributed by atoms with Crippen LogP contribution in [0.2, 0.25) is 0 Å². The second-order valence-electron chi connectivity index (χ2n) is 8.64. The smallest absolute Gasteiger partial charge is 0.277 e. The zero-order chi connectivity index (χ0) is 25.6. The molecule has 0 saturated carbocycles. The molecule has 0 spiro atoms. The third kappa shape index (κ3) is 3.96. The van der Waals surface area contributed by atoms with Gasteiger partial charge in [0.2, 0.25) is 5.91 Å². The average Bonchev–Trinajstić information content (AvgIpc) is 3.25. The summed E-state index contributed by atoms with van der Waals surface area (Å²) in [6.07, 6.45) is 2.46. The largest absolute Gasteiger partial charge is 0.494 e. The number of carbonyl (C=O) groups excluding carboxylic acids is 3. The van der Waals surface area contributed by atoms with Crippen LogP contribution in [0.3, 0.4) is 0 Å². The van der Waals surface area contributed by atoms with Crippen LogP contribution in [0, 0.1) is 11.6 Å². The van der Waals surface area contributed by atoms with Crippen LogP contribution >= 0.6 is 0 Å². The van der Waals surface area contributed by atoms with Gasteiger partial charge in [0.15, 0.2) is 5.69 Å². The molecule has 1 saturated heterocycles. The van der Waals surface area contributed by atoms with Crippen molar-refractivity contribution in [2.24, 2.45) is 5.73 Å². The maximum Gasteiger partial charge on any atom is 0.277 e. The summed E-state index contributed by atoms with van der Waals surface area (Å²) in [7, 11) is 1.46. The van der Waals surface area contributed by atoms with E-state index in [-0.39, 0.29) is 35.9 Å². The standard InChI is InChI=1S/C25H23F2N5O4/c1-36-20-13-16(30-8-3-2-4-21(30)33)5-6-19(20)31-9-7-18-22(24(28)34)29-32(23(18)25(31)35)17-11-14(26)10-15(27)12-17/h5-6,10-13H,2-4,7-9H2,1H3,(H2,28,34). The van der Waals surface area contributed by atoms with E-state index < -0.39 is 23.4 Å². The fourth-order valence-electron chi connectivity index (χ4n) is 4.77. The van der Waals surface area contributed by atoms with Crippen molar-refractivity contribution in [3.05, 3.63) is 65.0 Å². The molecule has 0 bridgehead atoms. The number of rotatable bonds is 5. The van der Waals surface area contributed by atoms with Crippen molar-refractivity contribution in [1.82, 2.24) is 9.78 Å². The summed E-state index contributed by atoms with van der Waals surface area (Å²) in [6, 6.07) is 7.86. The van der Waals surface area contributed by atoms with Gasteiger partial charge in [0.1, 0.15) is 23.1 Å². The van der Waals surface area contributed by atoms with Crippen LogP contribution in [0.25, 0.3) is 5.69 Å². The monoisotopic (exact) mass is 495 g/mol. The maximum atomic E-state index is 14.0. The summed E-state index contributed by atoms with van der Waals surface area (Å²) in [5.41, 5.74) is 6.70. The molecule has 2 N–H and O–H groups in total. The summed E-state index contributed by atoms with van der Waals surface area (Å²) < 4.78 is 34.5. The minimum Gasteiger partial charge on any atom is -0.494 e. The van der Waals surface area contributed by atoms with Crippen LogP contribution in [0.1, 0.15) is 45.8 Å². The highest BCUT2D eigenvalue weighted by Crippen LogP contribution is 2.37. The number of aromatic nitrogens is 2. The Hall–Kier alpha value is -4.28. The molecular weight excluding hydrogens is 472 g/mol. The summed E-state index contributed by atoms with van der Waals surface area (Å²) in [5.74, 6) is -2.71. The number of piperidine rings is 1. The predicted molar refractivity (Wildman–Crippen MR) is 127 cm³/mol. The molecule has 36 heavy (non-hydrogen) atoms. The van der Waals surface area contributed by atoms with Gasteiger partial charge >= 0.3 is 0 Å². The Kier molecular flexibility index (Phi) is 5.91. The summed E-state index contributed by atoms with van der Waals surface area (Å²) >= 11 is 0. The lowest BCUT2D eigenvalue weighted by molar-refractivity contribution is -0.119. The Balaban J connectivity index is 1.58. The summed E-state index contributed by atoms with van der Waals surface area (Å²) in [6.45, 7) is 0.792. The molecule has 3 aromatic rings. The van der Waals surface area contributed by atoms with Gasteiger partial charge < -0.3 is 20.3 Å². The Morgan fingerprint density at radius 1 is 0.972 bits per heavy atom. The Morgan fingerprint density at radius 2 is 1.72 bits per heavy atom. The molecular formula is C25H23F2N5O4. The van der Waals surface area contributed by atoms with E-state index in [2.05, 4.69) is 5.10 Å². The Bertz CT molecular complexity index is 1380. The molecule has 2 aromatic carbocycles.